The number of rotatable bonds is 9. The van der Waals surface area contributed by atoms with E-state index in [-0.39, 0.29) is 5.75 Å². The fraction of sp³-hybridized carbons (Fsp3) is 0.348. The first-order chi connectivity index (χ1) is 13.0. The summed E-state index contributed by atoms with van der Waals surface area (Å²) in [4.78, 5) is 0. The zero-order chi connectivity index (χ0) is 19.6. The van der Waals surface area contributed by atoms with E-state index in [0.717, 1.165) is 35.3 Å². The molecule has 0 aliphatic carbocycles. The highest BCUT2D eigenvalue weighted by atomic mass is 16.5. The summed E-state index contributed by atoms with van der Waals surface area (Å²) < 4.78 is 5.15. The zero-order valence-corrected chi connectivity index (χ0v) is 15.9. The second kappa shape index (κ2) is 10.6. The van der Waals surface area contributed by atoms with Crippen molar-refractivity contribution in [2.75, 3.05) is 7.11 Å². The van der Waals surface area contributed by atoms with E-state index < -0.39 is 12.2 Å². The lowest BCUT2D eigenvalue weighted by Gasteiger charge is -2.13. The van der Waals surface area contributed by atoms with Gasteiger partial charge in [0.05, 0.1) is 19.3 Å². The first-order valence-electron chi connectivity index (χ1n) is 9.25. The standard InChI is InChI=1S/C23H28O4/c1-3-5-17(16-23(26)19-10-14-21(27-2)15-11-19)6-4-7-22(25)18-8-12-20(24)13-9-18/h4,8-15,22-26H,3,5,7,16H2,1-2H3/t6?,22-,23-/m1/s1. The van der Waals surface area contributed by atoms with Gasteiger partial charge < -0.3 is 20.1 Å². The van der Waals surface area contributed by atoms with E-state index in [0.29, 0.717) is 12.8 Å². The Hall–Kier alpha value is -2.52. The topological polar surface area (TPSA) is 69.9 Å². The first kappa shape index (κ1) is 20.8. The lowest BCUT2D eigenvalue weighted by molar-refractivity contribution is 0.177. The molecule has 0 saturated carbocycles. The van der Waals surface area contributed by atoms with Crippen LogP contribution in [0.4, 0.5) is 0 Å². The second-order valence-electron chi connectivity index (χ2n) is 6.54. The molecule has 0 spiro atoms. The lowest BCUT2D eigenvalue weighted by Crippen LogP contribution is -1.99. The number of phenols is 1. The molecule has 3 N–H and O–H groups in total. The van der Waals surface area contributed by atoms with Crippen LogP contribution in [0.3, 0.4) is 0 Å². The van der Waals surface area contributed by atoms with E-state index in [2.05, 4.69) is 12.7 Å². The Morgan fingerprint density at radius 1 is 1.00 bits per heavy atom. The molecular weight excluding hydrogens is 340 g/mol. The van der Waals surface area contributed by atoms with Crippen LogP contribution < -0.4 is 4.74 Å². The van der Waals surface area contributed by atoms with Crippen molar-refractivity contribution in [3.8, 4) is 11.5 Å². The van der Waals surface area contributed by atoms with Gasteiger partial charge in [0.25, 0.3) is 0 Å². The SMILES string of the molecule is CCCC(=C=CC[C@@H](O)c1ccc(O)cc1)C[C@@H](O)c1ccc(OC)cc1. The summed E-state index contributed by atoms with van der Waals surface area (Å²) in [5.74, 6) is 0.942. The molecule has 0 bridgehead atoms. The summed E-state index contributed by atoms with van der Waals surface area (Å²) in [6.45, 7) is 2.09. The summed E-state index contributed by atoms with van der Waals surface area (Å²) in [7, 11) is 1.62. The minimum absolute atomic E-state index is 0.180. The van der Waals surface area contributed by atoms with Gasteiger partial charge in [-0.1, -0.05) is 37.6 Å². The van der Waals surface area contributed by atoms with Gasteiger partial charge in [0.15, 0.2) is 0 Å². The fourth-order valence-electron chi connectivity index (χ4n) is 2.86. The van der Waals surface area contributed by atoms with Crippen molar-refractivity contribution in [2.24, 2.45) is 0 Å². The Morgan fingerprint density at radius 3 is 2.19 bits per heavy atom. The highest BCUT2D eigenvalue weighted by Gasteiger charge is 2.10. The Balaban J connectivity index is 2.03. The third-order valence-electron chi connectivity index (χ3n) is 4.42. The molecule has 0 aliphatic rings. The van der Waals surface area contributed by atoms with Gasteiger partial charge in [0.1, 0.15) is 11.5 Å². The van der Waals surface area contributed by atoms with Crippen molar-refractivity contribution in [1.82, 2.24) is 0 Å². The van der Waals surface area contributed by atoms with E-state index in [1.54, 1.807) is 31.4 Å². The highest BCUT2D eigenvalue weighted by Crippen LogP contribution is 2.25. The molecule has 4 heteroatoms. The van der Waals surface area contributed by atoms with E-state index in [4.69, 9.17) is 4.74 Å². The number of aliphatic hydroxyl groups is 2. The largest absolute Gasteiger partial charge is 0.508 e. The van der Waals surface area contributed by atoms with Crippen LogP contribution in [0, 0.1) is 0 Å². The molecule has 0 saturated heterocycles. The molecule has 2 atom stereocenters. The number of hydrogen-bond donors (Lipinski definition) is 3. The zero-order valence-electron chi connectivity index (χ0n) is 15.9. The molecule has 2 aromatic carbocycles. The fourth-order valence-corrected chi connectivity index (χ4v) is 2.86. The third kappa shape index (κ3) is 6.61. The maximum absolute atomic E-state index is 10.5. The number of hydrogen-bond acceptors (Lipinski definition) is 4. The van der Waals surface area contributed by atoms with Gasteiger partial charge in [-0.2, -0.15) is 0 Å². The predicted octanol–water partition coefficient (Wildman–Crippen LogP) is 4.83. The summed E-state index contributed by atoms with van der Waals surface area (Å²) in [6.07, 6.45) is 3.32. The van der Waals surface area contributed by atoms with E-state index in [1.165, 1.54) is 0 Å². The Labute approximate surface area is 161 Å². The molecule has 0 heterocycles. The van der Waals surface area contributed by atoms with Crippen molar-refractivity contribution in [3.63, 3.8) is 0 Å². The Kier molecular flexibility index (Phi) is 8.15. The predicted molar refractivity (Wildman–Crippen MR) is 107 cm³/mol. The molecule has 0 fully saturated rings. The van der Waals surface area contributed by atoms with E-state index in [1.807, 2.05) is 30.3 Å². The van der Waals surface area contributed by atoms with Crippen LogP contribution in [-0.2, 0) is 0 Å². The number of ether oxygens (including phenoxy) is 1. The maximum atomic E-state index is 10.5. The van der Waals surface area contributed by atoms with Gasteiger partial charge >= 0.3 is 0 Å². The van der Waals surface area contributed by atoms with Crippen LogP contribution in [0.2, 0.25) is 0 Å². The van der Waals surface area contributed by atoms with Crippen molar-refractivity contribution in [3.05, 3.63) is 77.0 Å². The van der Waals surface area contributed by atoms with Crippen LogP contribution in [0.5, 0.6) is 11.5 Å². The minimum Gasteiger partial charge on any atom is -0.508 e. The summed E-state index contributed by atoms with van der Waals surface area (Å²) in [5.41, 5.74) is 5.87. The molecule has 2 aromatic rings. The molecule has 4 nitrogen and oxygen atoms in total. The van der Waals surface area contributed by atoms with Crippen molar-refractivity contribution >= 4 is 0 Å². The highest BCUT2D eigenvalue weighted by molar-refractivity contribution is 5.29. The quantitative estimate of drug-likeness (QED) is 0.555. The maximum Gasteiger partial charge on any atom is 0.118 e. The second-order valence-corrected chi connectivity index (χ2v) is 6.54. The van der Waals surface area contributed by atoms with Crippen LogP contribution >= 0.6 is 0 Å². The monoisotopic (exact) mass is 368 g/mol. The number of aromatic hydroxyl groups is 1. The minimum atomic E-state index is -0.646. The smallest absolute Gasteiger partial charge is 0.118 e. The number of benzene rings is 2. The number of phenolic OH excluding ortho intramolecular Hbond substituents is 1. The average Bonchev–Trinajstić information content (AvgIpc) is 2.68. The molecular formula is C23H28O4. The van der Waals surface area contributed by atoms with Gasteiger partial charge in [-0.15, -0.1) is 5.73 Å². The molecule has 144 valence electrons. The van der Waals surface area contributed by atoms with E-state index in [9.17, 15) is 15.3 Å². The van der Waals surface area contributed by atoms with Crippen LogP contribution in [0.1, 0.15) is 55.9 Å². The molecule has 0 aromatic heterocycles. The third-order valence-corrected chi connectivity index (χ3v) is 4.42. The summed E-state index contributed by atoms with van der Waals surface area (Å²) in [5, 5.41) is 30.1. The molecule has 0 aliphatic heterocycles. The number of aliphatic hydroxyl groups excluding tert-OH is 2. The first-order valence-corrected chi connectivity index (χ1v) is 9.25. The summed E-state index contributed by atoms with van der Waals surface area (Å²) in [6, 6.07) is 13.9. The van der Waals surface area contributed by atoms with Gasteiger partial charge in [-0.25, -0.2) is 0 Å². The van der Waals surface area contributed by atoms with Crippen molar-refractivity contribution < 1.29 is 20.1 Å². The molecule has 0 unspecified atom stereocenters. The molecule has 0 amide bonds. The van der Waals surface area contributed by atoms with Gasteiger partial charge in [0.2, 0.25) is 0 Å². The Bertz CT molecular complexity index is 756. The van der Waals surface area contributed by atoms with Crippen LogP contribution in [0.15, 0.2) is 65.9 Å². The lowest BCUT2D eigenvalue weighted by atomic mass is 9.98. The van der Waals surface area contributed by atoms with Gasteiger partial charge in [-0.05, 0) is 53.5 Å². The van der Waals surface area contributed by atoms with Crippen molar-refractivity contribution in [1.29, 1.82) is 0 Å². The average molecular weight is 368 g/mol. The molecule has 0 radical (unpaired) electrons. The van der Waals surface area contributed by atoms with Crippen LogP contribution in [0.25, 0.3) is 0 Å². The Morgan fingerprint density at radius 2 is 1.59 bits per heavy atom. The van der Waals surface area contributed by atoms with Gasteiger partial charge in [-0.3, -0.25) is 0 Å². The number of methoxy groups -OCH3 is 1. The van der Waals surface area contributed by atoms with Gasteiger partial charge in [0, 0.05) is 12.8 Å². The normalized spacial score (nSPS) is 12.7. The van der Waals surface area contributed by atoms with Crippen LogP contribution in [-0.4, -0.2) is 22.4 Å². The molecule has 2 rings (SSSR count). The van der Waals surface area contributed by atoms with E-state index >= 15 is 0 Å². The summed E-state index contributed by atoms with van der Waals surface area (Å²) >= 11 is 0. The van der Waals surface area contributed by atoms with Crippen molar-refractivity contribution in [2.45, 2.75) is 44.8 Å². The molecule has 27 heavy (non-hydrogen) atoms.